The molecule has 0 atom stereocenters. The van der Waals surface area contributed by atoms with Crippen LogP contribution in [0, 0.1) is 0 Å². The van der Waals surface area contributed by atoms with Crippen molar-refractivity contribution in [1.29, 1.82) is 0 Å². The second-order valence-electron chi connectivity index (χ2n) is 7.39. The van der Waals surface area contributed by atoms with Crippen molar-refractivity contribution in [3.8, 4) is 5.75 Å². The van der Waals surface area contributed by atoms with Gasteiger partial charge in [-0.3, -0.25) is 14.7 Å². The molecule has 0 heterocycles. The van der Waals surface area contributed by atoms with Crippen molar-refractivity contribution in [2.75, 3.05) is 11.8 Å². The van der Waals surface area contributed by atoms with Crippen molar-refractivity contribution < 1.29 is 23.2 Å². The van der Waals surface area contributed by atoms with Crippen molar-refractivity contribution in [2.45, 2.75) is 11.3 Å². The molecule has 4 rings (SSSR count). The van der Waals surface area contributed by atoms with Gasteiger partial charge in [-0.1, -0.05) is 54.6 Å². The molecule has 4 aromatic rings. The van der Waals surface area contributed by atoms with Gasteiger partial charge in [-0.25, -0.2) is 13.9 Å². The standard InChI is InChI=1S/C25H22N2O5S/c1-32-20-11-13-21(14-12-20)33(30,31)27-24-22-10-6-5-9-18(22)16-19(23(24)25(28)26-29)15-17-7-3-2-4-8-17/h2-14,16,27,29H,15H2,1H3,(H,26,28). The average Bonchev–Trinajstić information content (AvgIpc) is 2.84. The molecule has 0 spiro atoms. The fourth-order valence-corrected chi connectivity index (χ4v) is 4.82. The summed E-state index contributed by atoms with van der Waals surface area (Å²) in [4.78, 5) is 12.8. The van der Waals surface area contributed by atoms with Crippen molar-refractivity contribution >= 4 is 32.4 Å². The number of methoxy groups -OCH3 is 1. The number of carbonyl (C=O) groups is 1. The van der Waals surface area contributed by atoms with Gasteiger partial charge >= 0.3 is 0 Å². The van der Waals surface area contributed by atoms with Gasteiger partial charge in [0.2, 0.25) is 0 Å². The fraction of sp³-hybridized carbons (Fsp3) is 0.0800. The normalized spacial score (nSPS) is 11.2. The molecule has 0 bridgehead atoms. The molecule has 4 aromatic carbocycles. The number of rotatable bonds is 7. The fourth-order valence-electron chi connectivity index (χ4n) is 3.73. The Morgan fingerprint density at radius 1 is 0.939 bits per heavy atom. The zero-order chi connectivity index (χ0) is 23.4. The lowest BCUT2D eigenvalue weighted by Gasteiger charge is -2.18. The SMILES string of the molecule is COc1ccc(S(=O)(=O)Nc2c(C(=O)NO)c(Cc3ccccc3)cc3ccccc23)cc1. The lowest BCUT2D eigenvalue weighted by atomic mass is 9.93. The van der Waals surface area contributed by atoms with Crippen LogP contribution in [0.5, 0.6) is 5.75 Å². The van der Waals surface area contributed by atoms with Gasteiger partial charge in [0.25, 0.3) is 15.9 Å². The summed E-state index contributed by atoms with van der Waals surface area (Å²) >= 11 is 0. The molecule has 7 nitrogen and oxygen atoms in total. The maximum Gasteiger partial charge on any atom is 0.277 e. The Bertz CT molecular complexity index is 1400. The molecule has 0 aliphatic heterocycles. The predicted octanol–water partition coefficient (Wildman–Crippen LogP) is 4.36. The van der Waals surface area contributed by atoms with E-state index in [1.807, 2.05) is 48.5 Å². The molecule has 1 amide bonds. The highest BCUT2D eigenvalue weighted by Gasteiger charge is 2.24. The smallest absolute Gasteiger partial charge is 0.277 e. The number of sulfonamides is 1. The van der Waals surface area contributed by atoms with Crippen molar-refractivity contribution in [2.24, 2.45) is 0 Å². The number of hydrogen-bond acceptors (Lipinski definition) is 5. The second kappa shape index (κ2) is 9.32. The number of hydroxylamine groups is 1. The van der Waals surface area contributed by atoms with E-state index in [0.29, 0.717) is 23.1 Å². The van der Waals surface area contributed by atoms with Crippen LogP contribution >= 0.6 is 0 Å². The Balaban J connectivity index is 1.90. The highest BCUT2D eigenvalue weighted by molar-refractivity contribution is 7.92. The van der Waals surface area contributed by atoms with E-state index in [2.05, 4.69) is 4.72 Å². The largest absolute Gasteiger partial charge is 0.497 e. The van der Waals surface area contributed by atoms with Crippen molar-refractivity contribution in [3.63, 3.8) is 0 Å². The summed E-state index contributed by atoms with van der Waals surface area (Å²) < 4.78 is 34.1. The molecule has 8 heteroatoms. The van der Waals surface area contributed by atoms with Gasteiger partial charge in [0, 0.05) is 5.39 Å². The summed E-state index contributed by atoms with van der Waals surface area (Å²) in [5.74, 6) is -0.288. The first kappa shape index (κ1) is 22.3. The zero-order valence-corrected chi connectivity index (χ0v) is 18.6. The van der Waals surface area contributed by atoms with Crippen LogP contribution in [-0.2, 0) is 16.4 Å². The third-order valence-corrected chi connectivity index (χ3v) is 6.67. The minimum absolute atomic E-state index is 0.0104. The Kier molecular flexibility index (Phi) is 6.30. The Hall–Kier alpha value is -3.88. The highest BCUT2D eigenvalue weighted by Crippen LogP contribution is 2.34. The number of carbonyl (C=O) groups excluding carboxylic acids is 1. The number of anilines is 1. The molecule has 168 valence electrons. The van der Waals surface area contributed by atoms with Crippen molar-refractivity contribution in [1.82, 2.24) is 5.48 Å². The summed E-state index contributed by atoms with van der Waals surface area (Å²) in [6.07, 6.45) is 0.367. The number of benzene rings is 4. The van der Waals surface area contributed by atoms with Crippen LogP contribution in [0.2, 0.25) is 0 Å². The van der Waals surface area contributed by atoms with Crippen LogP contribution in [0.3, 0.4) is 0 Å². The van der Waals surface area contributed by atoms with E-state index in [4.69, 9.17) is 4.74 Å². The van der Waals surface area contributed by atoms with E-state index in [1.54, 1.807) is 29.7 Å². The van der Waals surface area contributed by atoms with E-state index in [9.17, 15) is 18.4 Å². The lowest BCUT2D eigenvalue weighted by Crippen LogP contribution is -2.24. The number of ether oxygens (including phenoxy) is 1. The maximum absolute atomic E-state index is 13.2. The topological polar surface area (TPSA) is 105 Å². The summed E-state index contributed by atoms with van der Waals surface area (Å²) in [5, 5.41) is 10.7. The monoisotopic (exact) mass is 462 g/mol. The molecule has 0 saturated heterocycles. The molecule has 0 aliphatic carbocycles. The minimum atomic E-state index is -4.05. The van der Waals surface area contributed by atoms with Crippen LogP contribution < -0.4 is 14.9 Å². The molecular formula is C25H22N2O5S. The zero-order valence-electron chi connectivity index (χ0n) is 17.8. The van der Waals surface area contributed by atoms with Crippen LogP contribution in [0.25, 0.3) is 10.8 Å². The van der Waals surface area contributed by atoms with E-state index in [1.165, 1.54) is 19.2 Å². The van der Waals surface area contributed by atoms with Crippen LogP contribution in [0.4, 0.5) is 5.69 Å². The number of nitrogens with one attached hydrogen (secondary N) is 2. The van der Waals surface area contributed by atoms with E-state index in [-0.39, 0.29) is 16.1 Å². The second-order valence-corrected chi connectivity index (χ2v) is 9.07. The summed E-state index contributed by atoms with van der Waals surface area (Å²) in [7, 11) is -2.56. The van der Waals surface area contributed by atoms with Gasteiger partial charge in [0.15, 0.2) is 0 Å². The van der Waals surface area contributed by atoms with Gasteiger partial charge < -0.3 is 4.74 Å². The first-order valence-electron chi connectivity index (χ1n) is 10.1. The lowest BCUT2D eigenvalue weighted by molar-refractivity contribution is 0.0706. The maximum atomic E-state index is 13.2. The van der Waals surface area contributed by atoms with Gasteiger partial charge in [0.05, 0.1) is 23.3 Å². The molecule has 0 aliphatic rings. The van der Waals surface area contributed by atoms with Gasteiger partial charge in [-0.05, 0) is 53.3 Å². The summed E-state index contributed by atoms with van der Waals surface area (Å²) in [6.45, 7) is 0. The molecular weight excluding hydrogens is 440 g/mol. The minimum Gasteiger partial charge on any atom is -0.497 e. The first-order valence-corrected chi connectivity index (χ1v) is 11.6. The molecule has 0 fully saturated rings. The van der Waals surface area contributed by atoms with E-state index in [0.717, 1.165) is 10.9 Å². The average molecular weight is 463 g/mol. The van der Waals surface area contributed by atoms with Crippen LogP contribution in [-0.4, -0.2) is 26.6 Å². The Morgan fingerprint density at radius 2 is 1.61 bits per heavy atom. The Morgan fingerprint density at radius 3 is 2.27 bits per heavy atom. The molecule has 3 N–H and O–H groups in total. The quantitative estimate of drug-likeness (QED) is 0.280. The molecule has 0 radical (unpaired) electrons. The number of hydrogen-bond donors (Lipinski definition) is 3. The molecule has 0 aromatic heterocycles. The molecule has 0 unspecified atom stereocenters. The Labute approximate surface area is 191 Å². The van der Waals surface area contributed by atoms with Gasteiger partial charge in [-0.15, -0.1) is 0 Å². The third-order valence-electron chi connectivity index (χ3n) is 5.30. The van der Waals surface area contributed by atoms with Crippen molar-refractivity contribution in [3.05, 3.63) is 102 Å². The number of amides is 1. The summed E-state index contributed by atoms with van der Waals surface area (Å²) in [5.41, 5.74) is 3.32. The molecule has 0 saturated carbocycles. The number of fused-ring (bicyclic) bond motifs is 1. The van der Waals surface area contributed by atoms with Gasteiger partial charge in [0.1, 0.15) is 5.75 Å². The van der Waals surface area contributed by atoms with Crippen LogP contribution in [0.1, 0.15) is 21.5 Å². The van der Waals surface area contributed by atoms with E-state index < -0.39 is 15.9 Å². The summed E-state index contributed by atoms with van der Waals surface area (Å²) in [6, 6.07) is 24.4. The third kappa shape index (κ3) is 4.67. The first-order chi connectivity index (χ1) is 15.9. The highest BCUT2D eigenvalue weighted by atomic mass is 32.2. The molecule has 33 heavy (non-hydrogen) atoms. The van der Waals surface area contributed by atoms with Gasteiger partial charge in [-0.2, -0.15) is 0 Å². The van der Waals surface area contributed by atoms with Crippen LogP contribution in [0.15, 0.2) is 89.8 Å². The van der Waals surface area contributed by atoms with E-state index >= 15 is 0 Å². The predicted molar refractivity (Wildman–Crippen MR) is 126 cm³/mol.